The first-order valence-corrected chi connectivity index (χ1v) is 6.21. The summed E-state index contributed by atoms with van der Waals surface area (Å²) in [6.07, 6.45) is 3.22. The predicted octanol–water partition coefficient (Wildman–Crippen LogP) is 1.36. The van der Waals surface area contributed by atoms with Crippen LogP contribution in [0.15, 0.2) is 18.5 Å². The van der Waals surface area contributed by atoms with Crippen LogP contribution in [-0.4, -0.2) is 46.6 Å². The molecular weight excluding hydrogens is 230 g/mol. The Morgan fingerprint density at radius 3 is 2.83 bits per heavy atom. The Hall–Kier alpha value is -1.62. The molecule has 0 aliphatic carbocycles. The number of aliphatic hydroxyl groups is 1. The van der Waals surface area contributed by atoms with E-state index in [9.17, 15) is 4.79 Å². The van der Waals surface area contributed by atoms with Crippen LogP contribution in [0.2, 0.25) is 0 Å². The van der Waals surface area contributed by atoms with E-state index in [-0.39, 0.29) is 18.6 Å². The molecule has 5 heteroatoms. The minimum Gasteiger partial charge on any atom is -0.395 e. The molecule has 0 bridgehead atoms. The van der Waals surface area contributed by atoms with E-state index in [4.69, 9.17) is 5.11 Å². The average Bonchev–Trinajstić information content (AvgIpc) is 2.36. The van der Waals surface area contributed by atoms with Gasteiger partial charge in [0.1, 0.15) is 0 Å². The maximum Gasteiger partial charge on any atom is 0.257 e. The Labute approximate surface area is 108 Å². The molecule has 1 rings (SSSR count). The zero-order chi connectivity index (χ0) is 13.5. The molecule has 1 aromatic rings. The lowest BCUT2D eigenvalue weighted by atomic mass is 10.1. The molecular formula is C13H21N3O2. The molecule has 0 aliphatic rings. The van der Waals surface area contributed by atoms with Crippen molar-refractivity contribution < 1.29 is 9.90 Å². The summed E-state index contributed by atoms with van der Waals surface area (Å²) in [6, 6.07) is 1.83. The van der Waals surface area contributed by atoms with Crippen molar-refractivity contribution in [3.05, 3.63) is 24.0 Å². The van der Waals surface area contributed by atoms with E-state index in [0.29, 0.717) is 12.1 Å². The maximum absolute atomic E-state index is 12.4. The number of hydrogen-bond acceptors (Lipinski definition) is 4. The first-order valence-electron chi connectivity index (χ1n) is 6.21. The van der Waals surface area contributed by atoms with Crippen LogP contribution in [0.3, 0.4) is 0 Å². The molecule has 0 saturated heterocycles. The van der Waals surface area contributed by atoms with Gasteiger partial charge in [-0.3, -0.25) is 9.78 Å². The van der Waals surface area contributed by atoms with Crippen LogP contribution in [0.4, 0.5) is 5.69 Å². The smallest absolute Gasteiger partial charge is 0.257 e. The first-order chi connectivity index (χ1) is 8.61. The fraction of sp³-hybridized carbons (Fsp3) is 0.538. The molecule has 5 nitrogen and oxygen atoms in total. The molecule has 0 atom stereocenters. The van der Waals surface area contributed by atoms with E-state index in [1.165, 1.54) is 0 Å². The fourth-order valence-corrected chi connectivity index (χ4v) is 1.77. The molecule has 2 N–H and O–H groups in total. The van der Waals surface area contributed by atoms with Gasteiger partial charge < -0.3 is 15.3 Å². The van der Waals surface area contributed by atoms with Crippen molar-refractivity contribution in [2.24, 2.45) is 0 Å². The largest absolute Gasteiger partial charge is 0.395 e. The number of carbonyl (C=O) groups excluding carboxylic acids is 1. The Bertz CT molecular complexity index is 394. The number of rotatable bonds is 6. The highest BCUT2D eigenvalue weighted by Gasteiger charge is 2.20. The number of nitrogens with one attached hydrogen (secondary N) is 1. The minimum atomic E-state index is -0.108. The quantitative estimate of drug-likeness (QED) is 0.801. The van der Waals surface area contributed by atoms with E-state index >= 15 is 0 Å². The summed E-state index contributed by atoms with van der Waals surface area (Å²) in [4.78, 5) is 18.0. The second-order valence-corrected chi connectivity index (χ2v) is 4.27. The summed E-state index contributed by atoms with van der Waals surface area (Å²) in [5.74, 6) is -0.108. The summed E-state index contributed by atoms with van der Waals surface area (Å²) < 4.78 is 0. The molecule has 1 heterocycles. The number of pyridine rings is 1. The lowest BCUT2D eigenvalue weighted by molar-refractivity contribution is 0.0666. The lowest BCUT2D eigenvalue weighted by Crippen LogP contribution is -2.39. The summed E-state index contributed by atoms with van der Waals surface area (Å²) in [7, 11) is 0. The van der Waals surface area contributed by atoms with Crippen molar-refractivity contribution in [3.8, 4) is 0 Å². The van der Waals surface area contributed by atoms with Crippen molar-refractivity contribution in [2.45, 2.75) is 26.8 Å². The van der Waals surface area contributed by atoms with Crippen LogP contribution < -0.4 is 5.32 Å². The fourth-order valence-electron chi connectivity index (χ4n) is 1.77. The highest BCUT2D eigenvalue weighted by atomic mass is 16.3. The number of amides is 1. The third-order valence-corrected chi connectivity index (χ3v) is 2.64. The van der Waals surface area contributed by atoms with Crippen molar-refractivity contribution >= 4 is 11.6 Å². The second kappa shape index (κ2) is 6.96. The Balaban J connectivity index is 3.00. The van der Waals surface area contributed by atoms with Gasteiger partial charge in [-0.05, 0) is 26.8 Å². The van der Waals surface area contributed by atoms with Gasteiger partial charge in [0.05, 0.1) is 17.9 Å². The molecule has 18 heavy (non-hydrogen) atoms. The van der Waals surface area contributed by atoms with Crippen molar-refractivity contribution in [1.82, 2.24) is 9.88 Å². The SMILES string of the molecule is CCNc1ccncc1C(=O)N(CCO)C(C)C. The Kier molecular flexibility index (Phi) is 5.58. The van der Waals surface area contributed by atoms with Crippen LogP contribution in [0.5, 0.6) is 0 Å². The van der Waals surface area contributed by atoms with Gasteiger partial charge in [-0.25, -0.2) is 0 Å². The molecule has 0 unspecified atom stereocenters. The zero-order valence-corrected chi connectivity index (χ0v) is 11.2. The van der Waals surface area contributed by atoms with Crippen LogP contribution >= 0.6 is 0 Å². The monoisotopic (exact) mass is 251 g/mol. The molecule has 1 amide bonds. The standard InChI is InChI=1S/C13H21N3O2/c1-4-15-12-5-6-14-9-11(12)13(18)16(7-8-17)10(2)3/h5-6,9-10,17H,4,7-8H2,1-3H3,(H,14,15). The van der Waals surface area contributed by atoms with Gasteiger partial charge in [-0.2, -0.15) is 0 Å². The second-order valence-electron chi connectivity index (χ2n) is 4.27. The van der Waals surface area contributed by atoms with Crippen molar-refractivity contribution in [2.75, 3.05) is 25.0 Å². The summed E-state index contributed by atoms with van der Waals surface area (Å²) in [5.41, 5.74) is 1.32. The number of carbonyl (C=O) groups is 1. The van der Waals surface area contributed by atoms with E-state index in [0.717, 1.165) is 12.2 Å². The lowest BCUT2D eigenvalue weighted by Gasteiger charge is -2.26. The van der Waals surface area contributed by atoms with Crippen LogP contribution in [0.25, 0.3) is 0 Å². The van der Waals surface area contributed by atoms with E-state index in [2.05, 4.69) is 10.3 Å². The molecule has 1 aromatic heterocycles. The zero-order valence-electron chi connectivity index (χ0n) is 11.2. The van der Waals surface area contributed by atoms with E-state index in [1.807, 2.05) is 20.8 Å². The molecule has 0 aromatic carbocycles. The molecule has 0 aliphatic heterocycles. The van der Waals surface area contributed by atoms with Gasteiger partial charge in [0, 0.05) is 31.5 Å². The van der Waals surface area contributed by atoms with Gasteiger partial charge >= 0.3 is 0 Å². The highest BCUT2D eigenvalue weighted by molar-refractivity contribution is 5.99. The van der Waals surface area contributed by atoms with E-state index < -0.39 is 0 Å². The molecule has 100 valence electrons. The van der Waals surface area contributed by atoms with Gasteiger partial charge in [0.2, 0.25) is 0 Å². The van der Waals surface area contributed by atoms with Crippen LogP contribution in [0, 0.1) is 0 Å². The number of nitrogens with zero attached hydrogens (tertiary/aromatic N) is 2. The highest BCUT2D eigenvalue weighted by Crippen LogP contribution is 2.17. The molecule has 0 saturated carbocycles. The maximum atomic E-state index is 12.4. The first kappa shape index (κ1) is 14.4. The Morgan fingerprint density at radius 1 is 1.56 bits per heavy atom. The molecule has 0 radical (unpaired) electrons. The average molecular weight is 251 g/mol. The van der Waals surface area contributed by atoms with Crippen LogP contribution in [-0.2, 0) is 0 Å². The molecule has 0 fully saturated rings. The molecule has 0 spiro atoms. The predicted molar refractivity (Wildman–Crippen MR) is 71.7 cm³/mol. The minimum absolute atomic E-state index is 0.0410. The third-order valence-electron chi connectivity index (χ3n) is 2.64. The van der Waals surface area contributed by atoms with Gasteiger partial charge in [-0.1, -0.05) is 0 Å². The summed E-state index contributed by atoms with van der Waals surface area (Å²) in [6.45, 7) is 6.86. The number of aromatic nitrogens is 1. The van der Waals surface area contributed by atoms with Crippen LogP contribution in [0.1, 0.15) is 31.1 Å². The summed E-state index contributed by atoms with van der Waals surface area (Å²) in [5, 5.41) is 12.2. The Morgan fingerprint density at radius 2 is 2.28 bits per heavy atom. The summed E-state index contributed by atoms with van der Waals surface area (Å²) >= 11 is 0. The third kappa shape index (κ3) is 3.43. The van der Waals surface area contributed by atoms with Gasteiger partial charge in [-0.15, -0.1) is 0 Å². The van der Waals surface area contributed by atoms with Gasteiger partial charge in [0.25, 0.3) is 5.91 Å². The van der Waals surface area contributed by atoms with E-state index in [1.54, 1.807) is 23.4 Å². The van der Waals surface area contributed by atoms with Crippen molar-refractivity contribution in [3.63, 3.8) is 0 Å². The van der Waals surface area contributed by atoms with Crippen molar-refractivity contribution in [1.29, 1.82) is 0 Å². The number of aliphatic hydroxyl groups excluding tert-OH is 1. The van der Waals surface area contributed by atoms with Gasteiger partial charge in [0.15, 0.2) is 0 Å². The number of hydrogen-bond donors (Lipinski definition) is 2. The normalized spacial score (nSPS) is 10.5. The topological polar surface area (TPSA) is 65.5 Å². The number of anilines is 1.